The smallest absolute Gasteiger partial charge is 0.298 e. The van der Waals surface area contributed by atoms with Crippen LogP contribution in [0.5, 0.6) is 0 Å². The minimum atomic E-state index is -0.290. The van der Waals surface area contributed by atoms with Gasteiger partial charge in [-0.05, 0) is 43.7 Å². The minimum Gasteiger partial charge on any atom is -0.312 e. The average Bonchev–Trinajstić information content (AvgIpc) is 3.11. The summed E-state index contributed by atoms with van der Waals surface area (Å²) in [6.07, 6.45) is 3.65. The van der Waals surface area contributed by atoms with Crippen molar-refractivity contribution in [2.45, 2.75) is 20.4 Å². The number of benzene rings is 1. The zero-order valence-corrected chi connectivity index (χ0v) is 15.5. The third-order valence-corrected chi connectivity index (χ3v) is 5.30. The van der Waals surface area contributed by atoms with Crippen LogP contribution in [0, 0.1) is 13.8 Å². The van der Waals surface area contributed by atoms with Crippen LogP contribution in [0.2, 0.25) is 0 Å². The Morgan fingerprint density at radius 2 is 2.15 bits per heavy atom. The molecule has 4 aromatic rings. The number of allylic oxidation sites excluding steroid dienone is 1. The summed E-state index contributed by atoms with van der Waals surface area (Å²) in [6, 6.07) is 11.9. The van der Waals surface area contributed by atoms with E-state index in [0.717, 1.165) is 15.9 Å². The Hall–Kier alpha value is -2.99. The maximum Gasteiger partial charge on any atom is 0.298 e. The summed E-state index contributed by atoms with van der Waals surface area (Å²) in [7, 11) is 0. The lowest BCUT2D eigenvalue weighted by atomic mass is 10.2. The van der Waals surface area contributed by atoms with Gasteiger partial charge in [0.25, 0.3) is 5.91 Å². The highest BCUT2D eigenvalue weighted by molar-refractivity contribution is 7.16. The zero-order chi connectivity index (χ0) is 18.3. The number of rotatable bonds is 3. The van der Waals surface area contributed by atoms with Crippen molar-refractivity contribution < 1.29 is 4.79 Å². The molecule has 0 spiro atoms. The van der Waals surface area contributed by atoms with E-state index in [-0.39, 0.29) is 5.91 Å². The first-order valence-corrected chi connectivity index (χ1v) is 9.14. The van der Waals surface area contributed by atoms with Gasteiger partial charge in [-0.3, -0.25) is 9.20 Å². The second-order valence-electron chi connectivity index (χ2n) is 6.15. The van der Waals surface area contributed by atoms with Crippen LogP contribution in [-0.4, -0.2) is 19.9 Å². The highest BCUT2D eigenvalue weighted by Crippen LogP contribution is 2.19. The standard InChI is InChI=1S/C20H18N4OS/c1-4-10-23-15-9-8-13(2)12-16(15)26-20(23)22-19(25)18-14(3)21-17-7-5-6-11-24(17)18/h4-9,11-12H,1,10H2,2-3H3. The van der Waals surface area contributed by atoms with Crippen molar-refractivity contribution in [3.05, 3.63) is 77.0 Å². The maximum atomic E-state index is 13.0. The molecule has 0 bridgehead atoms. The minimum absolute atomic E-state index is 0.290. The van der Waals surface area contributed by atoms with Crippen LogP contribution in [-0.2, 0) is 6.54 Å². The molecule has 0 saturated carbocycles. The Balaban J connectivity index is 1.92. The number of aryl methyl sites for hydroxylation is 2. The molecular weight excluding hydrogens is 344 g/mol. The molecule has 0 saturated heterocycles. The Morgan fingerprint density at radius 3 is 2.96 bits per heavy atom. The maximum absolute atomic E-state index is 13.0. The highest BCUT2D eigenvalue weighted by Gasteiger charge is 2.16. The number of pyridine rings is 1. The highest BCUT2D eigenvalue weighted by atomic mass is 32.1. The van der Waals surface area contributed by atoms with Crippen LogP contribution < -0.4 is 4.80 Å². The number of aromatic nitrogens is 3. The van der Waals surface area contributed by atoms with Gasteiger partial charge in [0.15, 0.2) is 4.80 Å². The first-order chi connectivity index (χ1) is 12.6. The summed E-state index contributed by atoms with van der Waals surface area (Å²) < 4.78 is 4.91. The SMILES string of the molecule is C=CCn1c(=NC(=O)c2c(C)nc3ccccn23)sc2cc(C)ccc21. The number of carbonyl (C=O) groups excluding carboxylic acids is 1. The van der Waals surface area contributed by atoms with Crippen molar-refractivity contribution >= 4 is 33.1 Å². The first-order valence-electron chi connectivity index (χ1n) is 8.32. The van der Waals surface area contributed by atoms with Crippen molar-refractivity contribution in [1.82, 2.24) is 14.0 Å². The Morgan fingerprint density at radius 1 is 1.31 bits per heavy atom. The molecule has 26 heavy (non-hydrogen) atoms. The van der Waals surface area contributed by atoms with Crippen LogP contribution in [0.4, 0.5) is 0 Å². The van der Waals surface area contributed by atoms with Gasteiger partial charge in [0, 0.05) is 12.7 Å². The Labute approximate surface area is 154 Å². The van der Waals surface area contributed by atoms with Gasteiger partial charge in [-0.2, -0.15) is 4.99 Å². The molecule has 6 heteroatoms. The van der Waals surface area contributed by atoms with E-state index < -0.39 is 0 Å². The van der Waals surface area contributed by atoms with E-state index >= 15 is 0 Å². The van der Waals surface area contributed by atoms with Crippen LogP contribution >= 0.6 is 11.3 Å². The average molecular weight is 362 g/mol. The van der Waals surface area contributed by atoms with Gasteiger partial charge in [0.1, 0.15) is 11.3 Å². The number of amides is 1. The summed E-state index contributed by atoms with van der Waals surface area (Å²) in [4.78, 5) is 22.5. The van der Waals surface area contributed by atoms with Crippen LogP contribution in [0.25, 0.3) is 15.9 Å². The summed E-state index contributed by atoms with van der Waals surface area (Å²) in [5, 5.41) is 0. The predicted octanol–water partition coefficient (Wildman–Crippen LogP) is 3.89. The fourth-order valence-electron chi connectivity index (χ4n) is 3.08. The van der Waals surface area contributed by atoms with Crippen molar-refractivity contribution in [3.8, 4) is 0 Å². The molecule has 1 aromatic carbocycles. The monoisotopic (exact) mass is 362 g/mol. The molecule has 4 rings (SSSR count). The molecule has 1 amide bonds. The summed E-state index contributed by atoms with van der Waals surface area (Å²) in [6.45, 7) is 8.32. The molecule has 5 nitrogen and oxygen atoms in total. The van der Waals surface area contributed by atoms with E-state index in [1.54, 1.807) is 4.40 Å². The number of hydrogen-bond donors (Lipinski definition) is 0. The number of hydrogen-bond acceptors (Lipinski definition) is 3. The van der Waals surface area contributed by atoms with Crippen LogP contribution in [0.15, 0.2) is 60.2 Å². The topological polar surface area (TPSA) is 51.7 Å². The second-order valence-corrected chi connectivity index (χ2v) is 7.16. The number of carbonyl (C=O) groups is 1. The fraction of sp³-hybridized carbons (Fsp3) is 0.150. The molecule has 0 radical (unpaired) electrons. The Bertz CT molecular complexity index is 1230. The molecule has 0 aliphatic heterocycles. The van der Waals surface area contributed by atoms with E-state index in [9.17, 15) is 4.79 Å². The summed E-state index contributed by atoms with van der Waals surface area (Å²) in [5.74, 6) is -0.290. The number of fused-ring (bicyclic) bond motifs is 2. The first kappa shape index (κ1) is 16.5. The van der Waals surface area contributed by atoms with Gasteiger partial charge in [-0.15, -0.1) is 6.58 Å². The molecule has 3 heterocycles. The third kappa shape index (κ3) is 2.68. The molecule has 3 aromatic heterocycles. The normalized spacial score (nSPS) is 12.2. The summed E-state index contributed by atoms with van der Waals surface area (Å²) >= 11 is 1.51. The lowest BCUT2D eigenvalue weighted by molar-refractivity contribution is 0.0991. The molecule has 130 valence electrons. The fourth-order valence-corrected chi connectivity index (χ4v) is 4.22. The molecule has 0 atom stereocenters. The molecule has 0 aliphatic carbocycles. The quantitative estimate of drug-likeness (QED) is 0.519. The van der Waals surface area contributed by atoms with Crippen molar-refractivity contribution in [2.75, 3.05) is 0 Å². The van der Waals surface area contributed by atoms with Crippen molar-refractivity contribution in [1.29, 1.82) is 0 Å². The van der Waals surface area contributed by atoms with Crippen LogP contribution in [0.1, 0.15) is 21.7 Å². The van der Waals surface area contributed by atoms with Crippen molar-refractivity contribution in [3.63, 3.8) is 0 Å². The van der Waals surface area contributed by atoms with Gasteiger partial charge < -0.3 is 4.57 Å². The van der Waals surface area contributed by atoms with Crippen molar-refractivity contribution in [2.24, 2.45) is 4.99 Å². The lowest BCUT2D eigenvalue weighted by Gasteiger charge is -2.01. The molecule has 0 unspecified atom stereocenters. The van der Waals surface area contributed by atoms with E-state index in [4.69, 9.17) is 0 Å². The Kier molecular flexibility index (Phi) is 4.05. The largest absolute Gasteiger partial charge is 0.312 e. The summed E-state index contributed by atoms with van der Waals surface area (Å²) in [5.41, 5.74) is 4.16. The van der Waals surface area contributed by atoms with E-state index in [2.05, 4.69) is 41.7 Å². The number of thiazole rings is 1. The molecular formula is C20H18N4OS. The third-order valence-electron chi connectivity index (χ3n) is 4.25. The van der Waals surface area contributed by atoms with Gasteiger partial charge >= 0.3 is 0 Å². The van der Waals surface area contributed by atoms with E-state index in [0.29, 0.717) is 22.7 Å². The van der Waals surface area contributed by atoms with E-state index in [1.165, 1.54) is 16.9 Å². The molecule has 0 aliphatic rings. The number of imidazole rings is 1. The molecule has 0 N–H and O–H groups in total. The van der Waals surface area contributed by atoms with Gasteiger partial charge in [0.2, 0.25) is 0 Å². The van der Waals surface area contributed by atoms with Gasteiger partial charge in [0.05, 0.1) is 15.9 Å². The van der Waals surface area contributed by atoms with Gasteiger partial charge in [-0.25, -0.2) is 4.98 Å². The van der Waals surface area contributed by atoms with Gasteiger partial charge in [-0.1, -0.05) is 29.5 Å². The zero-order valence-electron chi connectivity index (χ0n) is 14.6. The number of nitrogens with zero attached hydrogens (tertiary/aromatic N) is 4. The molecule has 0 fully saturated rings. The second kappa shape index (κ2) is 6.38. The van der Waals surface area contributed by atoms with Crippen LogP contribution in [0.3, 0.4) is 0 Å². The van der Waals surface area contributed by atoms with E-state index in [1.807, 2.05) is 42.0 Å². The predicted molar refractivity (Wildman–Crippen MR) is 105 cm³/mol. The lowest BCUT2D eigenvalue weighted by Crippen LogP contribution is -2.17.